The minimum absolute atomic E-state index is 0.00585. The van der Waals surface area contributed by atoms with E-state index in [2.05, 4.69) is 4.85 Å². The van der Waals surface area contributed by atoms with Crippen LogP contribution < -0.4 is 0 Å². The van der Waals surface area contributed by atoms with E-state index < -0.39 is 63.8 Å². The molecule has 5 rings (SSSR count). The van der Waals surface area contributed by atoms with Crippen molar-refractivity contribution < 1.29 is 52.7 Å². The fourth-order valence-corrected chi connectivity index (χ4v) is 5.26. The average Bonchev–Trinajstić information content (AvgIpc) is 3.28. The van der Waals surface area contributed by atoms with Gasteiger partial charge in [-0.25, -0.2) is 10.1 Å². The van der Waals surface area contributed by atoms with Crippen molar-refractivity contribution in [1.29, 1.82) is 5.26 Å². The van der Waals surface area contributed by atoms with E-state index in [1.54, 1.807) is 6.07 Å². The Labute approximate surface area is 251 Å². The number of allylic oxidation sites excluding steroid dienone is 1. The highest BCUT2D eigenvalue weighted by molar-refractivity contribution is 6.05. The Hall–Kier alpha value is -5.24. The molecule has 14 heteroatoms. The van der Waals surface area contributed by atoms with Crippen LogP contribution in [0.15, 0.2) is 78.5 Å². The molecule has 0 aromatic heterocycles. The van der Waals surface area contributed by atoms with Crippen LogP contribution in [0.5, 0.6) is 0 Å². The summed E-state index contributed by atoms with van der Waals surface area (Å²) in [5, 5.41) is 9.69. The second kappa shape index (κ2) is 10.7. The van der Waals surface area contributed by atoms with Crippen LogP contribution in [0.1, 0.15) is 33.4 Å². The summed E-state index contributed by atoms with van der Waals surface area (Å²) in [6.07, 6.45) is -20.6. The summed E-state index contributed by atoms with van der Waals surface area (Å²) in [6, 6.07) is 10.8. The van der Waals surface area contributed by atoms with Gasteiger partial charge in [0.2, 0.25) is 0 Å². The highest BCUT2D eigenvalue weighted by Crippen LogP contribution is 2.50. The summed E-state index contributed by atoms with van der Waals surface area (Å²) >= 11 is 0. The second-order valence-electron chi connectivity index (χ2n) is 9.98. The van der Waals surface area contributed by atoms with Crippen molar-refractivity contribution in [3.05, 3.63) is 123 Å². The summed E-state index contributed by atoms with van der Waals surface area (Å²) < 4.78 is 163. The van der Waals surface area contributed by atoms with Gasteiger partial charge in [-0.05, 0) is 80.9 Å². The molecule has 4 aromatic carbocycles. The topological polar surface area (TPSA) is 28.1 Å². The Bertz CT molecular complexity index is 1870. The van der Waals surface area contributed by atoms with Gasteiger partial charge in [-0.15, -0.1) is 0 Å². The first-order valence-corrected chi connectivity index (χ1v) is 12.6. The van der Waals surface area contributed by atoms with Gasteiger partial charge < -0.3 is 0 Å². The fraction of sp³-hybridized carbons (Fsp3) is 0.125. The van der Waals surface area contributed by atoms with Crippen molar-refractivity contribution >= 4 is 5.57 Å². The van der Waals surface area contributed by atoms with Crippen LogP contribution in [0.3, 0.4) is 0 Å². The molecule has 0 heterocycles. The third kappa shape index (κ3) is 5.67. The molecular formula is C32H12F12N2. The minimum atomic E-state index is -5.22. The Morgan fingerprint density at radius 1 is 0.500 bits per heavy atom. The van der Waals surface area contributed by atoms with Crippen LogP contribution in [-0.4, -0.2) is 0 Å². The standard InChI is InChI=1S/C32H12F12N2/c1-46-27(14-45)28-23-10-15(19-8-4-17(29(33,34)35)12-25(19)31(39,40)41)2-6-21(23)22-7-3-16(11-24(22)28)20-9-5-18(30(36,37)38)13-26(20)32(42,43)44/h2-13H. The number of rotatable bonds is 2. The Morgan fingerprint density at radius 2 is 0.870 bits per heavy atom. The molecule has 0 N–H and O–H groups in total. The monoisotopic (exact) mass is 652 g/mol. The molecule has 0 saturated heterocycles. The van der Waals surface area contributed by atoms with Crippen molar-refractivity contribution in [2.24, 2.45) is 0 Å². The molecule has 234 valence electrons. The highest BCUT2D eigenvalue weighted by atomic mass is 19.4. The molecule has 0 bridgehead atoms. The van der Waals surface area contributed by atoms with Crippen LogP contribution in [0.25, 0.3) is 43.8 Å². The van der Waals surface area contributed by atoms with Gasteiger partial charge in [0.15, 0.2) is 0 Å². The van der Waals surface area contributed by atoms with Gasteiger partial charge >= 0.3 is 24.7 Å². The zero-order valence-electron chi connectivity index (χ0n) is 22.4. The highest BCUT2D eigenvalue weighted by Gasteiger charge is 2.40. The lowest BCUT2D eigenvalue weighted by atomic mass is 9.92. The number of nitriles is 1. The van der Waals surface area contributed by atoms with Crippen molar-refractivity contribution in [1.82, 2.24) is 0 Å². The maximum atomic E-state index is 13.9. The molecule has 0 fully saturated rings. The molecule has 2 nitrogen and oxygen atoms in total. The van der Waals surface area contributed by atoms with Crippen LogP contribution in [0.2, 0.25) is 0 Å². The van der Waals surface area contributed by atoms with Crippen molar-refractivity contribution in [2.75, 3.05) is 0 Å². The summed E-state index contributed by atoms with van der Waals surface area (Å²) in [4.78, 5) is 3.14. The SMILES string of the molecule is [C-]#[N+]C(C#N)=C1c2cc(-c3ccc(C(F)(F)F)cc3C(F)(F)F)ccc2-c2ccc(-c3ccc(C(F)(F)F)cc3C(F)(F)F)cc21. The van der Waals surface area contributed by atoms with Gasteiger partial charge in [0.25, 0.3) is 5.70 Å². The molecule has 0 atom stereocenters. The van der Waals surface area contributed by atoms with Crippen LogP contribution in [0.4, 0.5) is 52.7 Å². The maximum Gasteiger partial charge on any atom is 0.417 e. The van der Waals surface area contributed by atoms with Crippen LogP contribution in [-0.2, 0) is 24.7 Å². The van der Waals surface area contributed by atoms with E-state index in [1.165, 1.54) is 24.3 Å². The third-order valence-electron chi connectivity index (χ3n) is 7.25. The van der Waals surface area contributed by atoms with E-state index in [-0.39, 0.29) is 51.1 Å². The molecule has 0 saturated carbocycles. The number of nitrogens with zero attached hydrogens (tertiary/aromatic N) is 2. The fourth-order valence-electron chi connectivity index (χ4n) is 5.26. The summed E-state index contributed by atoms with van der Waals surface area (Å²) in [6.45, 7) is 7.47. The number of hydrogen-bond acceptors (Lipinski definition) is 1. The number of fused-ring (bicyclic) bond motifs is 3. The largest absolute Gasteiger partial charge is 0.417 e. The van der Waals surface area contributed by atoms with Crippen LogP contribution >= 0.6 is 0 Å². The first-order chi connectivity index (χ1) is 21.3. The molecule has 46 heavy (non-hydrogen) atoms. The molecule has 0 aliphatic heterocycles. The van der Waals surface area contributed by atoms with E-state index in [9.17, 15) is 57.9 Å². The Morgan fingerprint density at radius 3 is 1.17 bits per heavy atom. The van der Waals surface area contributed by atoms with Crippen molar-refractivity contribution in [3.8, 4) is 39.4 Å². The predicted molar refractivity (Wildman–Crippen MR) is 141 cm³/mol. The average molecular weight is 652 g/mol. The number of alkyl halides is 12. The number of benzene rings is 4. The van der Waals surface area contributed by atoms with E-state index in [1.807, 2.05) is 0 Å². The molecule has 1 aliphatic carbocycles. The van der Waals surface area contributed by atoms with Gasteiger partial charge in [-0.1, -0.05) is 36.4 Å². The van der Waals surface area contributed by atoms with Gasteiger partial charge in [0.1, 0.15) is 0 Å². The molecule has 0 spiro atoms. The molecule has 0 radical (unpaired) electrons. The lowest BCUT2D eigenvalue weighted by Crippen LogP contribution is -2.12. The molecule has 0 amide bonds. The van der Waals surface area contributed by atoms with E-state index in [0.717, 1.165) is 12.1 Å². The number of halogens is 12. The van der Waals surface area contributed by atoms with Gasteiger partial charge in [0.05, 0.1) is 34.9 Å². The second-order valence-corrected chi connectivity index (χ2v) is 9.98. The Kier molecular flexibility index (Phi) is 7.47. The molecular weight excluding hydrogens is 640 g/mol. The lowest BCUT2D eigenvalue weighted by Gasteiger charge is -2.17. The predicted octanol–water partition coefficient (Wildman–Crippen LogP) is 11.3. The smallest absolute Gasteiger partial charge is 0.226 e. The molecule has 0 unspecified atom stereocenters. The Balaban J connectivity index is 1.73. The van der Waals surface area contributed by atoms with Crippen molar-refractivity contribution in [3.63, 3.8) is 0 Å². The normalized spacial score (nSPS) is 13.1. The maximum absolute atomic E-state index is 13.9. The number of hydrogen-bond donors (Lipinski definition) is 0. The first-order valence-electron chi connectivity index (χ1n) is 12.6. The van der Waals surface area contributed by atoms with Crippen LogP contribution in [0, 0.1) is 17.9 Å². The van der Waals surface area contributed by atoms with Gasteiger partial charge in [-0.3, -0.25) is 0 Å². The lowest BCUT2D eigenvalue weighted by molar-refractivity contribution is -0.144. The zero-order valence-corrected chi connectivity index (χ0v) is 22.4. The third-order valence-corrected chi connectivity index (χ3v) is 7.25. The molecule has 1 aliphatic rings. The summed E-state index contributed by atoms with van der Waals surface area (Å²) in [7, 11) is 0. The van der Waals surface area contributed by atoms with Crippen molar-refractivity contribution in [2.45, 2.75) is 24.7 Å². The quantitative estimate of drug-likeness (QED) is 0.106. The van der Waals surface area contributed by atoms with Gasteiger partial charge in [-0.2, -0.15) is 52.7 Å². The van der Waals surface area contributed by atoms with E-state index in [4.69, 9.17) is 6.57 Å². The molecule has 4 aromatic rings. The van der Waals surface area contributed by atoms with Gasteiger partial charge in [0, 0.05) is 5.57 Å². The summed E-state index contributed by atoms with van der Waals surface area (Å²) in [5.41, 5.74) is -8.45. The summed E-state index contributed by atoms with van der Waals surface area (Å²) in [5.74, 6) is 0. The zero-order chi connectivity index (χ0) is 34.0. The minimum Gasteiger partial charge on any atom is -0.226 e. The van der Waals surface area contributed by atoms with E-state index >= 15 is 0 Å². The van der Waals surface area contributed by atoms with E-state index in [0.29, 0.717) is 24.3 Å². The first kappa shape index (κ1) is 32.2.